The van der Waals surface area contributed by atoms with Gasteiger partial charge in [0.05, 0.1) is 24.8 Å². The van der Waals surface area contributed by atoms with Gasteiger partial charge >= 0.3 is 11.9 Å². The van der Waals surface area contributed by atoms with Crippen molar-refractivity contribution in [2.75, 3.05) is 13.7 Å². The lowest BCUT2D eigenvalue weighted by molar-refractivity contribution is -0.144. The second-order valence-corrected chi connectivity index (χ2v) is 20.0. The van der Waals surface area contributed by atoms with Crippen LogP contribution in [0.25, 0.3) is 29.9 Å². The molecule has 10 nitrogen and oxygen atoms in total. The second-order valence-electron chi connectivity index (χ2n) is 20.0. The van der Waals surface area contributed by atoms with E-state index >= 15 is 0 Å². The van der Waals surface area contributed by atoms with Crippen molar-refractivity contribution < 1.29 is 28.7 Å². The molecule has 0 amide bonds. The van der Waals surface area contributed by atoms with Crippen LogP contribution >= 0.6 is 0 Å². The summed E-state index contributed by atoms with van der Waals surface area (Å²) in [5.74, 6) is 0.0550. The lowest BCUT2D eigenvalue weighted by Crippen LogP contribution is -2.25. The fourth-order valence-corrected chi connectivity index (χ4v) is 10.6. The van der Waals surface area contributed by atoms with E-state index in [1.807, 2.05) is 39.0 Å². The number of fused-ring (bicyclic) bond motifs is 7. The number of esters is 2. The van der Waals surface area contributed by atoms with E-state index in [0.29, 0.717) is 64.4 Å². The number of aromatic amines is 3. The quantitative estimate of drug-likeness (QED) is 0.0446. The Labute approximate surface area is 387 Å². The van der Waals surface area contributed by atoms with Crippen LogP contribution < -0.4 is 16.0 Å². The first-order chi connectivity index (χ1) is 31.1. The molecule has 1 saturated heterocycles. The fourth-order valence-electron chi connectivity index (χ4n) is 10.6. The molecular formula is C55H76N4O6. The Hall–Kier alpha value is -5.12. The van der Waals surface area contributed by atoms with E-state index in [2.05, 4.69) is 74.5 Å². The number of nitrogens with one attached hydrogen (secondary N) is 4. The fraction of sp³-hybridized carbons (Fsp3) is 0.564. The summed E-state index contributed by atoms with van der Waals surface area (Å²) >= 11 is 0. The highest BCUT2D eigenvalue weighted by Crippen LogP contribution is 2.48. The number of aldehydes is 1. The van der Waals surface area contributed by atoms with Crippen molar-refractivity contribution >= 4 is 53.9 Å². The summed E-state index contributed by atoms with van der Waals surface area (Å²) in [7, 11) is 1.30. The summed E-state index contributed by atoms with van der Waals surface area (Å²) < 4.78 is 11.2. The number of Topliss-reactive ketones (excluding diaryl/α,β-unsaturated/α-hetero) is 1. The number of carbonyl (C=O) groups is 4. The summed E-state index contributed by atoms with van der Waals surface area (Å²) in [6.07, 6.45) is 22.3. The van der Waals surface area contributed by atoms with Crippen LogP contribution in [-0.2, 0) is 25.5 Å². The molecule has 8 bridgehead atoms. The molecule has 0 radical (unpaired) electrons. The molecule has 3 aliphatic rings. The third-order valence-corrected chi connectivity index (χ3v) is 14.8. The summed E-state index contributed by atoms with van der Waals surface area (Å²) in [5, 5.41) is 5.10. The lowest BCUT2D eigenvalue weighted by Gasteiger charge is -2.20. The minimum absolute atomic E-state index is 0.123. The van der Waals surface area contributed by atoms with Crippen molar-refractivity contribution in [2.45, 2.75) is 146 Å². The van der Waals surface area contributed by atoms with Gasteiger partial charge in [0.15, 0.2) is 12.1 Å². The predicted molar refractivity (Wildman–Crippen MR) is 262 cm³/mol. The van der Waals surface area contributed by atoms with E-state index < -0.39 is 11.9 Å². The van der Waals surface area contributed by atoms with E-state index in [4.69, 9.17) is 9.47 Å². The first-order valence-electron chi connectivity index (χ1n) is 24.6. The van der Waals surface area contributed by atoms with E-state index in [1.165, 1.54) is 58.5 Å². The molecule has 1 fully saturated rings. The van der Waals surface area contributed by atoms with Crippen LogP contribution in [0.3, 0.4) is 0 Å². The van der Waals surface area contributed by atoms with Crippen molar-refractivity contribution in [3.8, 4) is 0 Å². The minimum Gasteiger partial charge on any atom is -0.468 e. The third-order valence-electron chi connectivity index (χ3n) is 14.8. The van der Waals surface area contributed by atoms with Gasteiger partial charge in [-0.15, -0.1) is 0 Å². The molecule has 2 aliphatic heterocycles. The largest absolute Gasteiger partial charge is 0.468 e. The average Bonchev–Trinajstić information content (AvgIpc) is 4.02. The summed E-state index contributed by atoms with van der Waals surface area (Å²) in [4.78, 5) is 64.7. The number of carbonyl (C=O) groups excluding carboxylic acids is 4. The number of ether oxygens (including phenoxy) is 2. The second kappa shape index (κ2) is 21.9. The Kier molecular flexibility index (Phi) is 16.6. The summed E-state index contributed by atoms with van der Waals surface area (Å²) in [6, 6.07) is 0. The Morgan fingerprint density at radius 3 is 2.02 bits per heavy atom. The molecule has 3 aromatic heterocycles. The van der Waals surface area contributed by atoms with Crippen molar-refractivity contribution in [3.05, 3.63) is 84.8 Å². The maximum Gasteiger partial charge on any atom is 0.321 e. The third kappa shape index (κ3) is 11.0. The molecule has 4 N–H and O–H groups in total. The van der Waals surface area contributed by atoms with Gasteiger partial charge in [-0.1, -0.05) is 119 Å². The molecule has 5 heterocycles. The zero-order valence-corrected chi connectivity index (χ0v) is 41.0. The van der Waals surface area contributed by atoms with Crippen LogP contribution in [0.15, 0.2) is 18.0 Å². The zero-order valence-electron chi connectivity index (χ0n) is 41.0. The first-order valence-corrected chi connectivity index (χ1v) is 24.6. The van der Waals surface area contributed by atoms with Crippen LogP contribution in [0.2, 0.25) is 0 Å². The average molecular weight is 889 g/mol. The highest BCUT2D eigenvalue weighted by molar-refractivity contribution is 6.24. The molecular weight excluding hydrogens is 813 g/mol. The normalized spacial score (nSPS) is 22.0. The lowest BCUT2D eigenvalue weighted by atomic mass is 9.85. The number of ketones is 1. The SMILES string of the molecule is C=Cc1c2[nH]c(c1C)/C=C1\N/C(=C3\c4[nH]c(c(C)c4C(=O)[C@@H]3C(=O)OC)/C=c3\[nH]/c(c(C=O)c3CC)=C\2)[C@@H](CCC(=O)OCC[C@@H](C)CCC[C@H](C)CCC[C@H](C)CCCC(C)C)[C@@H]1C. The highest BCUT2D eigenvalue weighted by Gasteiger charge is 2.48. The van der Waals surface area contributed by atoms with Crippen LogP contribution in [0.5, 0.6) is 0 Å². The summed E-state index contributed by atoms with van der Waals surface area (Å²) in [5.41, 5.74) is 9.50. The number of hydrogen-bond donors (Lipinski definition) is 4. The molecule has 0 saturated carbocycles. The van der Waals surface area contributed by atoms with Gasteiger partial charge < -0.3 is 29.7 Å². The van der Waals surface area contributed by atoms with E-state index in [0.717, 1.165) is 81.7 Å². The molecule has 0 spiro atoms. The van der Waals surface area contributed by atoms with Gasteiger partial charge in [-0.25, -0.2) is 0 Å². The Morgan fingerprint density at radius 1 is 0.800 bits per heavy atom. The van der Waals surface area contributed by atoms with Crippen LogP contribution in [0, 0.1) is 55.3 Å². The topological polar surface area (TPSA) is 146 Å². The number of allylic oxidation sites excluding steroid dienone is 2. The number of rotatable bonds is 22. The van der Waals surface area contributed by atoms with Gasteiger partial charge in [0.2, 0.25) is 0 Å². The van der Waals surface area contributed by atoms with E-state index in [-0.39, 0.29) is 30.0 Å². The van der Waals surface area contributed by atoms with Crippen LogP contribution in [0.4, 0.5) is 0 Å². The maximum absolute atomic E-state index is 14.4. The van der Waals surface area contributed by atoms with Gasteiger partial charge in [0.1, 0.15) is 5.92 Å². The van der Waals surface area contributed by atoms with Crippen molar-refractivity contribution in [1.29, 1.82) is 0 Å². The number of H-pyrrole nitrogens is 3. The standard InChI is InChI=1S/C55H76N4O6/c1-12-38-35(8)42-27-43-36(9)40(23-24-48(61)65-26-25-34(7)22-16-21-33(6)20-15-19-32(5)18-14-17-31(3)4)52(58-43)50-51(55(63)64-11)54(62)49-37(10)44(59-53(49)50)28-46-39(13-2)41(30-60)47(57-46)29-45(38)56-42/h12,27-34,36,40,51,56-59H,1,13-26H2,2-11H3/b43-27-,46-28-,47-29-,52-50-/t32-,33-,34+,36+,40+,51-/m1/s1. The van der Waals surface area contributed by atoms with Crippen molar-refractivity contribution in [3.63, 3.8) is 0 Å². The Morgan fingerprint density at radius 2 is 1.42 bits per heavy atom. The molecule has 10 heteroatoms. The molecule has 0 aromatic carbocycles. The van der Waals surface area contributed by atoms with Gasteiger partial charge in [-0.3, -0.25) is 19.2 Å². The first kappa shape index (κ1) is 49.3. The Balaban J connectivity index is 1.21. The number of methoxy groups -OCH3 is 1. The minimum atomic E-state index is -1.18. The molecule has 3 aromatic rings. The predicted octanol–water partition coefficient (Wildman–Crippen LogP) is 10.7. The molecule has 1 aliphatic carbocycles. The maximum atomic E-state index is 14.4. The van der Waals surface area contributed by atoms with Crippen molar-refractivity contribution in [2.24, 2.45) is 41.4 Å². The molecule has 352 valence electrons. The van der Waals surface area contributed by atoms with Gasteiger partial charge in [0, 0.05) is 74.3 Å². The number of hydrogen-bond acceptors (Lipinski definition) is 7. The molecule has 6 atom stereocenters. The highest BCUT2D eigenvalue weighted by atomic mass is 16.5. The van der Waals surface area contributed by atoms with Gasteiger partial charge in [0.25, 0.3) is 0 Å². The molecule has 6 rings (SSSR count). The van der Waals surface area contributed by atoms with Gasteiger partial charge in [-0.2, -0.15) is 0 Å². The Bertz CT molecular complexity index is 2440. The number of aromatic nitrogens is 3. The van der Waals surface area contributed by atoms with Gasteiger partial charge in [-0.05, 0) is 91.7 Å². The smallest absolute Gasteiger partial charge is 0.321 e. The monoisotopic (exact) mass is 889 g/mol. The summed E-state index contributed by atoms with van der Waals surface area (Å²) in [6.45, 7) is 24.2. The van der Waals surface area contributed by atoms with Crippen LogP contribution in [0.1, 0.15) is 191 Å². The molecule has 0 unspecified atom stereocenters. The zero-order chi connectivity index (χ0) is 47.1. The van der Waals surface area contributed by atoms with E-state index in [1.54, 1.807) is 0 Å². The molecule has 65 heavy (non-hydrogen) atoms. The van der Waals surface area contributed by atoms with E-state index in [9.17, 15) is 19.2 Å². The van der Waals surface area contributed by atoms with Crippen LogP contribution in [-0.4, -0.2) is 52.7 Å². The van der Waals surface area contributed by atoms with Crippen molar-refractivity contribution in [1.82, 2.24) is 20.3 Å².